The van der Waals surface area contributed by atoms with Crippen LogP contribution in [-0.2, 0) is 11.4 Å². The molecular weight excluding hydrogens is 270 g/mol. The van der Waals surface area contributed by atoms with Crippen molar-refractivity contribution in [3.8, 4) is 16.9 Å². The minimum atomic E-state index is -0.601. The fraction of sp³-hybridized carbons (Fsp3) is 0.0625. The summed E-state index contributed by atoms with van der Waals surface area (Å²) in [6, 6.07) is 13.9. The topological polar surface area (TPSA) is 85.7 Å². The maximum atomic E-state index is 12.2. The van der Waals surface area contributed by atoms with E-state index in [1.807, 2.05) is 0 Å². The fourth-order valence-corrected chi connectivity index (χ4v) is 2.35. The third kappa shape index (κ3) is 2.29. The third-order valence-electron chi connectivity index (χ3n) is 3.31. The Morgan fingerprint density at radius 1 is 1.10 bits per heavy atom. The molecule has 0 aliphatic heterocycles. The van der Waals surface area contributed by atoms with Gasteiger partial charge < -0.3 is 9.52 Å². The lowest BCUT2D eigenvalue weighted by molar-refractivity contribution is 0.124. The molecule has 0 saturated heterocycles. The summed E-state index contributed by atoms with van der Waals surface area (Å²) in [5.41, 5.74) is 1.09. The van der Waals surface area contributed by atoms with E-state index in [-0.39, 0.29) is 17.9 Å². The van der Waals surface area contributed by atoms with Crippen LogP contribution in [0, 0.1) is 0 Å². The van der Waals surface area contributed by atoms with Gasteiger partial charge in [0.05, 0.1) is 12.0 Å². The molecule has 5 heteroatoms. The predicted molar refractivity (Wildman–Crippen MR) is 78.6 cm³/mol. The second-order valence-corrected chi connectivity index (χ2v) is 4.58. The molecule has 3 aromatic rings. The van der Waals surface area contributed by atoms with E-state index >= 15 is 0 Å². The van der Waals surface area contributed by atoms with Crippen LogP contribution in [0.5, 0.6) is 5.75 Å². The third-order valence-corrected chi connectivity index (χ3v) is 3.31. The second kappa shape index (κ2) is 5.40. The first-order chi connectivity index (χ1) is 10.2. The smallest absolute Gasteiger partial charge is 0.347 e. The summed E-state index contributed by atoms with van der Waals surface area (Å²) in [5, 5.41) is 10.9. The number of nitrogens with two attached hydrogens (primary N) is 1. The van der Waals surface area contributed by atoms with Crippen LogP contribution in [0.4, 0.5) is 0 Å². The summed E-state index contributed by atoms with van der Waals surface area (Å²) in [5.74, 6) is 5.00. The van der Waals surface area contributed by atoms with E-state index in [2.05, 4.69) is 4.84 Å². The number of rotatable bonds is 3. The van der Waals surface area contributed by atoms with Gasteiger partial charge in [0.1, 0.15) is 16.9 Å². The summed E-state index contributed by atoms with van der Waals surface area (Å²) in [6.07, 6.45) is 0. The molecule has 0 fully saturated rings. The minimum Gasteiger partial charge on any atom is -0.506 e. The van der Waals surface area contributed by atoms with Gasteiger partial charge in [0, 0.05) is 0 Å². The molecule has 0 spiro atoms. The van der Waals surface area contributed by atoms with Crippen LogP contribution in [0.15, 0.2) is 57.7 Å². The van der Waals surface area contributed by atoms with Crippen LogP contribution >= 0.6 is 0 Å². The Kier molecular flexibility index (Phi) is 3.43. The van der Waals surface area contributed by atoms with Crippen molar-refractivity contribution in [2.24, 2.45) is 5.90 Å². The first-order valence-electron chi connectivity index (χ1n) is 6.37. The summed E-state index contributed by atoms with van der Waals surface area (Å²) in [6.45, 7) is 0.127. The van der Waals surface area contributed by atoms with Crippen LogP contribution in [-0.4, -0.2) is 5.11 Å². The van der Waals surface area contributed by atoms with Crippen molar-refractivity contribution in [1.29, 1.82) is 0 Å². The van der Waals surface area contributed by atoms with Crippen LogP contribution in [0.25, 0.3) is 22.1 Å². The SMILES string of the molecule is NOCc1ccccc1-c1c(O)c2ccccc2oc1=O. The molecule has 0 bridgehead atoms. The van der Waals surface area contributed by atoms with E-state index in [1.54, 1.807) is 48.5 Å². The molecule has 1 aromatic heterocycles. The Hall–Kier alpha value is -2.63. The van der Waals surface area contributed by atoms with Crippen molar-refractivity contribution in [2.75, 3.05) is 0 Å². The molecular formula is C16H13NO4. The molecule has 3 rings (SSSR count). The highest BCUT2D eigenvalue weighted by molar-refractivity contribution is 5.90. The van der Waals surface area contributed by atoms with Crippen LogP contribution in [0.2, 0.25) is 0 Å². The zero-order valence-electron chi connectivity index (χ0n) is 11.1. The molecule has 0 aliphatic carbocycles. The van der Waals surface area contributed by atoms with Crippen molar-refractivity contribution < 1.29 is 14.4 Å². The standard InChI is InChI=1S/C16H13NO4/c17-20-9-10-5-1-2-6-11(10)14-15(18)12-7-3-4-8-13(12)21-16(14)19/h1-8,18H,9,17H2. The van der Waals surface area contributed by atoms with Gasteiger partial charge in [-0.2, -0.15) is 0 Å². The van der Waals surface area contributed by atoms with E-state index in [1.165, 1.54) is 0 Å². The molecule has 3 N–H and O–H groups in total. The van der Waals surface area contributed by atoms with E-state index in [9.17, 15) is 9.90 Å². The molecule has 0 aliphatic rings. The molecule has 106 valence electrons. The highest BCUT2D eigenvalue weighted by atomic mass is 16.6. The fourth-order valence-electron chi connectivity index (χ4n) is 2.35. The highest BCUT2D eigenvalue weighted by Gasteiger charge is 2.17. The first kappa shape index (κ1) is 13.4. The van der Waals surface area contributed by atoms with E-state index in [4.69, 9.17) is 10.3 Å². The number of hydrogen-bond acceptors (Lipinski definition) is 5. The van der Waals surface area contributed by atoms with E-state index in [0.717, 1.165) is 0 Å². The van der Waals surface area contributed by atoms with Crippen molar-refractivity contribution >= 4 is 11.0 Å². The van der Waals surface area contributed by atoms with Crippen LogP contribution in [0.3, 0.4) is 0 Å². The quantitative estimate of drug-likeness (QED) is 0.570. The van der Waals surface area contributed by atoms with Crippen molar-refractivity contribution in [2.45, 2.75) is 6.61 Å². The predicted octanol–water partition coefficient (Wildman–Crippen LogP) is 2.56. The number of benzene rings is 2. The van der Waals surface area contributed by atoms with Crippen LogP contribution < -0.4 is 11.5 Å². The number of fused-ring (bicyclic) bond motifs is 1. The van der Waals surface area contributed by atoms with Gasteiger partial charge in [-0.05, 0) is 23.3 Å². The van der Waals surface area contributed by atoms with E-state index < -0.39 is 5.63 Å². The summed E-state index contributed by atoms with van der Waals surface area (Å²) < 4.78 is 5.27. The van der Waals surface area contributed by atoms with Gasteiger partial charge >= 0.3 is 5.63 Å². The van der Waals surface area contributed by atoms with Crippen molar-refractivity contribution in [3.63, 3.8) is 0 Å². The Labute approximate surface area is 120 Å². The maximum absolute atomic E-state index is 12.2. The molecule has 0 atom stereocenters. The van der Waals surface area contributed by atoms with Gasteiger partial charge in [0.15, 0.2) is 0 Å². The molecule has 0 unspecified atom stereocenters. The monoisotopic (exact) mass is 283 g/mol. The van der Waals surface area contributed by atoms with Gasteiger partial charge in [-0.3, -0.25) is 4.84 Å². The van der Waals surface area contributed by atoms with Gasteiger partial charge in [0.2, 0.25) is 0 Å². The molecule has 0 amide bonds. The average molecular weight is 283 g/mol. The Bertz CT molecular complexity index is 854. The van der Waals surface area contributed by atoms with Crippen LogP contribution in [0.1, 0.15) is 5.56 Å². The lowest BCUT2D eigenvalue weighted by Gasteiger charge is -2.10. The first-order valence-corrected chi connectivity index (χ1v) is 6.37. The van der Waals surface area contributed by atoms with Crippen molar-refractivity contribution in [3.05, 3.63) is 64.5 Å². The highest BCUT2D eigenvalue weighted by Crippen LogP contribution is 2.34. The lowest BCUT2D eigenvalue weighted by Crippen LogP contribution is -2.07. The average Bonchev–Trinajstić information content (AvgIpc) is 2.49. The minimum absolute atomic E-state index is 0.105. The zero-order chi connectivity index (χ0) is 14.8. The number of aromatic hydroxyl groups is 1. The molecule has 1 heterocycles. The Morgan fingerprint density at radius 3 is 2.62 bits per heavy atom. The lowest BCUT2D eigenvalue weighted by atomic mass is 9.99. The van der Waals surface area contributed by atoms with Crippen molar-refractivity contribution in [1.82, 2.24) is 0 Å². The summed E-state index contributed by atoms with van der Waals surface area (Å²) >= 11 is 0. The Balaban J connectivity index is 2.33. The molecule has 0 radical (unpaired) electrons. The van der Waals surface area contributed by atoms with E-state index in [0.29, 0.717) is 22.1 Å². The number of hydrogen-bond donors (Lipinski definition) is 2. The van der Waals surface area contributed by atoms with Gasteiger partial charge in [-0.1, -0.05) is 36.4 Å². The van der Waals surface area contributed by atoms with Gasteiger partial charge in [-0.25, -0.2) is 10.7 Å². The summed E-state index contributed by atoms with van der Waals surface area (Å²) in [7, 11) is 0. The van der Waals surface area contributed by atoms with Gasteiger partial charge in [-0.15, -0.1) is 0 Å². The normalized spacial score (nSPS) is 10.9. The van der Waals surface area contributed by atoms with Gasteiger partial charge in [0.25, 0.3) is 0 Å². The Morgan fingerprint density at radius 2 is 1.81 bits per heavy atom. The molecule has 0 saturated carbocycles. The number of para-hydroxylation sites is 1. The molecule has 2 aromatic carbocycles. The molecule has 21 heavy (non-hydrogen) atoms. The largest absolute Gasteiger partial charge is 0.506 e. The summed E-state index contributed by atoms with van der Waals surface area (Å²) in [4.78, 5) is 16.9. The second-order valence-electron chi connectivity index (χ2n) is 4.58. The zero-order valence-corrected chi connectivity index (χ0v) is 11.1. The molecule has 5 nitrogen and oxygen atoms in total. The maximum Gasteiger partial charge on any atom is 0.347 e.